The van der Waals surface area contributed by atoms with Gasteiger partial charge in [0, 0.05) is 6.42 Å². The number of anilines is 1. The Morgan fingerprint density at radius 3 is 2.63 bits per heavy atom. The third-order valence-electron chi connectivity index (χ3n) is 4.19. The number of nitriles is 1. The van der Waals surface area contributed by atoms with Crippen LogP contribution >= 0.6 is 0 Å². The van der Waals surface area contributed by atoms with Crippen LogP contribution in [0, 0.1) is 16.7 Å². The van der Waals surface area contributed by atoms with Crippen LogP contribution in [0.4, 0.5) is 5.69 Å². The van der Waals surface area contributed by atoms with Crippen molar-refractivity contribution in [1.29, 1.82) is 5.26 Å². The molecule has 1 aromatic carbocycles. The first-order valence-electron chi connectivity index (χ1n) is 6.54. The molecule has 0 bridgehead atoms. The second kappa shape index (κ2) is 4.20. The van der Waals surface area contributed by atoms with Gasteiger partial charge in [-0.1, -0.05) is 18.9 Å². The lowest BCUT2D eigenvalue weighted by Crippen LogP contribution is -2.34. The Balaban J connectivity index is 1.99. The number of hydrogen-bond acceptors (Lipinski definition) is 3. The van der Waals surface area contributed by atoms with Gasteiger partial charge in [0.15, 0.2) is 0 Å². The number of carbonyl (C=O) groups is 2. The molecule has 0 aromatic heterocycles. The quantitative estimate of drug-likeness (QED) is 0.723. The third kappa shape index (κ3) is 1.74. The van der Waals surface area contributed by atoms with Crippen LogP contribution in [0.2, 0.25) is 0 Å². The first-order chi connectivity index (χ1) is 9.16. The zero-order valence-electron chi connectivity index (χ0n) is 10.6. The van der Waals surface area contributed by atoms with Crippen LogP contribution < -0.4 is 4.90 Å². The van der Waals surface area contributed by atoms with Gasteiger partial charge in [-0.25, -0.2) is 0 Å². The zero-order chi connectivity index (χ0) is 13.5. The van der Waals surface area contributed by atoms with Crippen molar-refractivity contribution in [3.05, 3.63) is 29.8 Å². The van der Waals surface area contributed by atoms with E-state index in [2.05, 4.69) is 0 Å². The van der Waals surface area contributed by atoms with E-state index in [0.717, 1.165) is 25.7 Å². The van der Waals surface area contributed by atoms with Crippen molar-refractivity contribution in [1.82, 2.24) is 0 Å². The summed E-state index contributed by atoms with van der Waals surface area (Å²) in [6.45, 7) is 0. The Bertz CT molecular complexity index is 594. The minimum absolute atomic E-state index is 0.0786. The summed E-state index contributed by atoms with van der Waals surface area (Å²) in [6, 6.07) is 8.72. The molecule has 2 amide bonds. The summed E-state index contributed by atoms with van der Waals surface area (Å²) in [5.41, 5.74) is 0.531. The van der Waals surface area contributed by atoms with Crippen LogP contribution in [-0.4, -0.2) is 11.8 Å². The summed E-state index contributed by atoms with van der Waals surface area (Å²) >= 11 is 0. The van der Waals surface area contributed by atoms with Crippen molar-refractivity contribution in [2.75, 3.05) is 4.90 Å². The van der Waals surface area contributed by atoms with Crippen molar-refractivity contribution >= 4 is 17.5 Å². The van der Waals surface area contributed by atoms with Crippen LogP contribution in [-0.2, 0) is 9.59 Å². The van der Waals surface area contributed by atoms with Crippen molar-refractivity contribution in [3.8, 4) is 6.07 Å². The normalized spacial score (nSPS) is 21.1. The molecule has 4 nitrogen and oxygen atoms in total. The molecule has 1 aliphatic heterocycles. The van der Waals surface area contributed by atoms with Gasteiger partial charge >= 0.3 is 0 Å². The Morgan fingerprint density at radius 2 is 1.95 bits per heavy atom. The molecular weight excluding hydrogens is 240 g/mol. The Kier molecular flexibility index (Phi) is 2.63. The van der Waals surface area contributed by atoms with E-state index in [0.29, 0.717) is 17.7 Å². The monoisotopic (exact) mass is 254 g/mol. The van der Waals surface area contributed by atoms with Crippen molar-refractivity contribution in [2.24, 2.45) is 5.41 Å². The zero-order valence-corrected chi connectivity index (χ0v) is 10.6. The molecule has 1 saturated carbocycles. The van der Waals surface area contributed by atoms with Gasteiger partial charge in [-0.05, 0) is 31.0 Å². The Morgan fingerprint density at radius 1 is 1.21 bits per heavy atom. The standard InChI is InChI=1S/C15H14N2O2/c16-10-11-4-3-5-12(8-11)17-13(18)9-15(14(17)19)6-1-2-7-15/h3-5,8H,1-2,6-7,9H2. The van der Waals surface area contributed by atoms with E-state index in [1.54, 1.807) is 24.3 Å². The second-order valence-electron chi connectivity index (χ2n) is 5.36. The van der Waals surface area contributed by atoms with Crippen LogP contribution in [0.25, 0.3) is 0 Å². The van der Waals surface area contributed by atoms with Gasteiger partial charge in [-0.2, -0.15) is 5.26 Å². The van der Waals surface area contributed by atoms with Gasteiger partial charge in [0.2, 0.25) is 11.8 Å². The predicted octanol–water partition coefficient (Wildman–Crippen LogP) is 2.38. The first-order valence-corrected chi connectivity index (χ1v) is 6.54. The SMILES string of the molecule is N#Cc1cccc(N2C(=O)CC3(CCCC3)C2=O)c1. The number of benzene rings is 1. The number of carbonyl (C=O) groups excluding carboxylic acids is 2. The molecule has 0 atom stereocenters. The average molecular weight is 254 g/mol. The minimum Gasteiger partial charge on any atom is -0.274 e. The fourth-order valence-electron chi connectivity index (χ4n) is 3.21. The molecule has 0 N–H and O–H groups in total. The molecule has 2 fully saturated rings. The van der Waals surface area contributed by atoms with Crippen molar-refractivity contribution < 1.29 is 9.59 Å². The van der Waals surface area contributed by atoms with E-state index in [1.807, 2.05) is 6.07 Å². The maximum absolute atomic E-state index is 12.6. The van der Waals surface area contributed by atoms with E-state index in [9.17, 15) is 9.59 Å². The number of hydrogen-bond donors (Lipinski definition) is 0. The molecule has 0 radical (unpaired) electrons. The molecule has 19 heavy (non-hydrogen) atoms. The predicted molar refractivity (Wildman–Crippen MR) is 69.2 cm³/mol. The Hall–Kier alpha value is -2.15. The van der Waals surface area contributed by atoms with E-state index < -0.39 is 5.41 Å². The average Bonchev–Trinajstić information content (AvgIpc) is 2.97. The fraction of sp³-hybridized carbons (Fsp3) is 0.400. The van der Waals surface area contributed by atoms with Gasteiger partial charge in [-0.15, -0.1) is 0 Å². The van der Waals surface area contributed by atoms with Crippen LogP contribution in [0.1, 0.15) is 37.7 Å². The molecule has 2 aliphatic rings. The number of imide groups is 1. The fourth-order valence-corrected chi connectivity index (χ4v) is 3.21. The molecular formula is C15H14N2O2. The number of amides is 2. The van der Waals surface area contributed by atoms with Crippen LogP contribution in [0.5, 0.6) is 0 Å². The molecule has 3 rings (SSSR count). The van der Waals surface area contributed by atoms with E-state index in [4.69, 9.17) is 5.26 Å². The lowest BCUT2D eigenvalue weighted by molar-refractivity contribution is -0.125. The second-order valence-corrected chi connectivity index (χ2v) is 5.36. The smallest absolute Gasteiger partial charge is 0.240 e. The van der Waals surface area contributed by atoms with E-state index >= 15 is 0 Å². The third-order valence-corrected chi connectivity index (χ3v) is 4.19. The molecule has 0 unspecified atom stereocenters. The molecule has 1 saturated heterocycles. The highest BCUT2D eigenvalue weighted by Gasteiger charge is 2.53. The summed E-state index contributed by atoms with van der Waals surface area (Å²) in [5.74, 6) is -0.216. The maximum atomic E-state index is 12.6. The van der Waals surface area contributed by atoms with E-state index in [-0.39, 0.29) is 11.8 Å². The van der Waals surface area contributed by atoms with Crippen molar-refractivity contribution in [3.63, 3.8) is 0 Å². The molecule has 1 aliphatic carbocycles. The Labute approximate surface area is 111 Å². The highest BCUT2D eigenvalue weighted by molar-refractivity contribution is 6.22. The highest BCUT2D eigenvalue weighted by Crippen LogP contribution is 2.47. The number of nitrogens with zero attached hydrogens (tertiary/aromatic N) is 2. The largest absolute Gasteiger partial charge is 0.274 e. The lowest BCUT2D eigenvalue weighted by Gasteiger charge is -2.20. The summed E-state index contributed by atoms with van der Waals surface area (Å²) in [7, 11) is 0. The molecule has 1 heterocycles. The van der Waals surface area contributed by atoms with Crippen LogP contribution in [0.3, 0.4) is 0 Å². The van der Waals surface area contributed by atoms with Gasteiger partial charge in [-0.3, -0.25) is 14.5 Å². The summed E-state index contributed by atoms with van der Waals surface area (Å²) in [5, 5.41) is 8.90. The first kappa shape index (κ1) is 11.9. The lowest BCUT2D eigenvalue weighted by atomic mass is 9.84. The van der Waals surface area contributed by atoms with Gasteiger partial charge in [0.1, 0.15) is 0 Å². The van der Waals surface area contributed by atoms with E-state index in [1.165, 1.54) is 4.90 Å². The van der Waals surface area contributed by atoms with Gasteiger partial charge < -0.3 is 0 Å². The summed E-state index contributed by atoms with van der Waals surface area (Å²) in [4.78, 5) is 26.0. The molecule has 1 spiro atoms. The number of rotatable bonds is 1. The molecule has 1 aromatic rings. The van der Waals surface area contributed by atoms with Gasteiger partial charge in [0.05, 0.1) is 22.7 Å². The maximum Gasteiger partial charge on any atom is 0.240 e. The minimum atomic E-state index is -0.459. The molecule has 4 heteroatoms. The summed E-state index contributed by atoms with van der Waals surface area (Å²) < 4.78 is 0. The molecule has 96 valence electrons. The topological polar surface area (TPSA) is 61.2 Å². The van der Waals surface area contributed by atoms with Crippen LogP contribution in [0.15, 0.2) is 24.3 Å². The van der Waals surface area contributed by atoms with Crippen molar-refractivity contribution in [2.45, 2.75) is 32.1 Å². The summed E-state index contributed by atoms with van der Waals surface area (Å²) in [6.07, 6.45) is 3.98. The highest BCUT2D eigenvalue weighted by atomic mass is 16.2. The van der Waals surface area contributed by atoms with Gasteiger partial charge in [0.25, 0.3) is 0 Å².